The third kappa shape index (κ3) is 6.97. The summed E-state index contributed by atoms with van der Waals surface area (Å²) in [6.45, 7) is 0.132. The molecule has 0 radical (unpaired) electrons. The van der Waals surface area contributed by atoms with Crippen molar-refractivity contribution in [3.8, 4) is 11.5 Å². The maximum Gasteiger partial charge on any atom is 0.271 e. The zero-order valence-electron chi connectivity index (χ0n) is 19.2. The fraction of sp³-hybridized carbons (Fsp3) is 0.167. The Labute approximate surface area is 217 Å². The fourth-order valence-corrected chi connectivity index (χ4v) is 4.81. The standard InChI is InChI=1S/C24H23BrClN3O5S/c1-33-22-13-17(12-21(25)23(22)34-2)14-27-28-24(30)18-6-10-20(11-7-18)29(35(3,31)32)15-16-4-8-19(26)9-5-16/h4-14H,15H2,1-3H3,(H,28,30)/b27-14-. The molecule has 0 unspecified atom stereocenters. The normalized spacial score (nSPS) is 11.3. The van der Waals surface area contributed by atoms with E-state index >= 15 is 0 Å². The molecule has 11 heteroatoms. The monoisotopic (exact) mass is 579 g/mol. The molecule has 8 nitrogen and oxygen atoms in total. The molecule has 0 aliphatic carbocycles. The molecule has 3 aromatic carbocycles. The van der Waals surface area contributed by atoms with Gasteiger partial charge in [0.05, 0.1) is 43.4 Å². The van der Waals surface area contributed by atoms with Gasteiger partial charge in [-0.25, -0.2) is 13.8 Å². The molecule has 0 heterocycles. The minimum atomic E-state index is -3.57. The van der Waals surface area contributed by atoms with Crippen LogP contribution in [-0.4, -0.2) is 41.0 Å². The molecule has 184 valence electrons. The molecular weight excluding hydrogens is 558 g/mol. The number of benzene rings is 3. The summed E-state index contributed by atoms with van der Waals surface area (Å²) in [4.78, 5) is 12.5. The van der Waals surface area contributed by atoms with Gasteiger partial charge < -0.3 is 9.47 Å². The molecule has 0 spiro atoms. The van der Waals surface area contributed by atoms with Gasteiger partial charge in [-0.1, -0.05) is 23.7 Å². The van der Waals surface area contributed by atoms with Crippen molar-refractivity contribution in [2.45, 2.75) is 6.54 Å². The lowest BCUT2D eigenvalue weighted by Gasteiger charge is -2.22. The highest BCUT2D eigenvalue weighted by Crippen LogP contribution is 2.35. The number of methoxy groups -OCH3 is 2. The van der Waals surface area contributed by atoms with Gasteiger partial charge in [0.2, 0.25) is 10.0 Å². The van der Waals surface area contributed by atoms with Crippen LogP contribution in [-0.2, 0) is 16.6 Å². The smallest absolute Gasteiger partial charge is 0.271 e. The quantitative estimate of drug-likeness (QED) is 0.288. The molecule has 0 aliphatic rings. The first-order valence-electron chi connectivity index (χ1n) is 10.2. The number of halogens is 2. The molecule has 0 saturated heterocycles. The Morgan fingerprint density at radius 1 is 1.09 bits per heavy atom. The fourth-order valence-electron chi connectivity index (χ4n) is 3.18. The van der Waals surface area contributed by atoms with E-state index in [0.717, 1.165) is 11.8 Å². The number of amides is 1. The highest BCUT2D eigenvalue weighted by molar-refractivity contribution is 9.10. The minimum Gasteiger partial charge on any atom is -0.493 e. The van der Waals surface area contributed by atoms with E-state index in [9.17, 15) is 13.2 Å². The Balaban J connectivity index is 1.72. The average Bonchev–Trinajstić information content (AvgIpc) is 2.82. The van der Waals surface area contributed by atoms with Gasteiger partial charge in [-0.3, -0.25) is 9.10 Å². The maximum atomic E-state index is 12.5. The number of nitrogens with zero attached hydrogens (tertiary/aromatic N) is 2. The van der Waals surface area contributed by atoms with E-state index in [1.807, 2.05) is 0 Å². The number of anilines is 1. The van der Waals surface area contributed by atoms with Crippen LogP contribution in [0.5, 0.6) is 11.5 Å². The Bertz CT molecular complexity index is 1330. The molecule has 3 aromatic rings. The molecule has 1 amide bonds. The second-order valence-corrected chi connectivity index (χ2v) is 10.6. The zero-order valence-corrected chi connectivity index (χ0v) is 22.3. The minimum absolute atomic E-state index is 0.132. The van der Waals surface area contributed by atoms with Crippen LogP contribution in [0.25, 0.3) is 0 Å². The van der Waals surface area contributed by atoms with Crippen molar-refractivity contribution in [3.05, 3.63) is 86.8 Å². The lowest BCUT2D eigenvalue weighted by atomic mass is 10.2. The third-order valence-electron chi connectivity index (χ3n) is 4.89. The van der Waals surface area contributed by atoms with Crippen molar-refractivity contribution in [2.75, 3.05) is 24.8 Å². The highest BCUT2D eigenvalue weighted by Gasteiger charge is 2.18. The predicted octanol–water partition coefficient (Wildman–Crippen LogP) is 4.85. The van der Waals surface area contributed by atoms with Crippen molar-refractivity contribution in [2.24, 2.45) is 5.10 Å². The summed E-state index contributed by atoms with van der Waals surface area (Å²) >= 11 is 9.32. The van der Waals surface area contributed by atoms with Crippen LogP contribution < -0.4 is 19.2 Å². The molecule has 35 heavy (non-hydrogen) atoms. The highest BCUT2D eigenvalue weighted by atomic mass is 79.9. The van der Waals surface area contributed by atoms with E-state index in [-0.39, 0.29) is 6.54 Å². The number of sulfonamides is 1. The number of hydrazone groups is 1. The van der Waals surface area contributed by atoms with Crippen molar-refractivity contribution in [3.63, 3.8) is 0 Å². The van der Waals surface area contributed by atoms with Crippen molar-refractivity contribution in [1.29, 1.82) is 0 Å². The third-order valence-corrected chi connectivity index (χ3v) is 6.87. The number of carbonyl (C=O) groups is 1. The maximum absolute atomic E-state index is 12.5. The number of nitrogens with one attached hydrogen (secondary N) is 1. The molecule has 0 fully saturated rings. The van der Waals surface area contributed by atoms with Gasteiger partial charge in [-0.2, -0.15) is 5.10 Å². The van der Waals surface area contributed by atoms with Crippen LogP contribution >= 0.6 is 27.5 Å². The molecule has 0 atom stereocenters. The summed E-state index contributed by atoms with van der Waals surface area (Å²) in [5.74, 6) is 0.614. The molecular formula is C24H23BrClN3O5S. The van der Waals surface area contributed by atoms with Crippen LogP contribution in [0, 0.1) is 0 Å². The first-order chi connectivity index (χ1) is 16.6. The summed E-state index contributed by atoms with van der Waals surface area (Å²) in [5, 5.41) is 4.56. The van der Waals surface area contributed by atoms with Gasteiger partial charge in [0.15, 0.2) is 11.5 Å². The Kier molecular flexibility index (Phi) is 8.76. The van der Waals surface area contributed by atoms with Crippen LogP contribution in [0.4, 0.5) is 5.69 Å². The second kappa shape index (κ2) is 11.6. The van der Waals surface area contributed by atoms with Gasteiger partial charge in [0, 0.05) is 10.6 Å². The number of hydrogen-bond donors (Lipinski definition) is 1. The topological polar surface area (TPSA) is 97.3 Å². The summed E-state index contributed by atoms with van der Waals surface area (Å²) in [7, 11) is -0.504. The molecule has 0 aliphatic heterocycles. The predicted molar refractivity (Wildman–Crippen MR) is 141 cm³/mol. The summed E-state index contributed by atoms with van der Waals surface area (Å²) in [6, 6.07) is 16.6. The van der Waals surface area contributed by atoms with Gasteiger partial charge in [-0.15, -0.1) is 0 Å². The number of rotatable bonds is 9. The van der Waals surface area contributed by atoms with Gasteiger partial charge >= 0.3 is 0 Å². The first kappa shape index (κ1) is 26.5. The molecule has 3 rings (SSSR count). The van der Waals surface area contributed by atoms with E-state index in [4.69, 9.17) is 21.1 Å². The molecule has 0 saturated carbocycles. The average molecular weight is 581 g/mol. The summed E-state index contributed by atoms with van der Waals surface area (Å²) in [5.41, 5.74) is 4.66. The Morgan fingerprint density at radius 3 is 2.31 bits per heavy atom. The van der Waals surface area contributed by atoms with E-state index in [1.165, 1.54) is 36.9 Å². The SMILES string of the molecule is COc1cc(/C=N\NC(=O)c2ccc(N(Cc3ccc(Cl)cc3)S(C)(=O)=O)cc2)cc(Br)c1OC. The Hall–Kier alpha value is -3.08. The molecule has 1 N–H and O–H groups in total. The number of ether oxygens (including phenoxy) is 2. The van der Waals surface area contributed by atoms with E-state index < -0.39 is 15.9 Å². The van der Waals surface area contributed by atoms with Crippen LogP contribution in [0.2, 0.25) is 5.02 Å². The van der Waals surface area contributed by atoms with Crippen molar-refractivity contribution >= 4 is 55.4 Å². The molecule has 0 aromatic heterocycles. The van der Waals surface area contributed by atoms with Gasteiger partial charge in [0.25, 0.3) is 5.91 Å². The summed E-state index contributed by atoms with van der Waals surface area (Å²) < 4.78 is 37.3. The van der Waals surface area contributed by atoms with Gasteiger partial charge in [0.1, 0.15) is 0 Å². The summed E-state index contributed by atoms with van der Waals surface area (Å²) in [6.07, 6.45) is 2.60. The van der Waals surface area contributed by atoms with Crippen molar-refractivity contribution < 1.29 is 22.7 Å². The number of carbonyl (C=O) groups excluding carboxylic acids is 1. The lowest BCUT2D eigenvalue weighted by Crippen LogP contribution is -2.29. The molecule has 0 bridgehead atoms. The second-order valence-electron chi connectivity index (χ2n) is 7.38. The van der Waals surface area contributed by atoms with Crippen molar-refractivity contribution in [1.82, 2.24) is 5.43 Å². The van der Waals surface area contributed by atoms with Crippen LogP contribution in [0.15, 0.2) is 70.2 Å². The van der Waals surface area contributed by atoms with Gasteiger partial charge in [-0.05, 0) is 75.6 Å². The van der Waals surface area contributed by atoms with Crippen LogP contribution in [0.1, 0.15) is 21.5 Å². The zero-order chi connectivity index (χ0) is 25.6. The van der Waals surface area contributed by atoms with Crippen LogP contribution in [0.3, 0.4) is 0 Å². The first-order valence-corrected chi connectivity index (χ1v) is 13.2. The lowest BCUT2D eigenvalue weighted by molar-refractivity contribution is 0.0955. The largest absolute Gasteiger partial charge is 0.493 e. The Morgan fingerprint density at radius 2 is 1.74 bits per heavy atom. The van der Waals surface area contributed by atoms with E-state index in [0.29, 0.717) is 37.8 Å². The van der Waals surface area contributed by atoms with E-state index in [2.05, 4.69) is 26.5 Å². The van der Waals surface area contributed by atoms with E-state index in [1.54, 1.807) is 48.5 Å². The number of hydrogen-bond acceptors (Lipinski definition) is 6.